The van der Waals surface area contributed by atoms with Gasteiger partial charge in [0.25, 0.3) is 0 Å². The maximum Gasteiger partial charge on any atom is 0.331 e. The number of nitrogens with two attached hydrogens (primary N) is 1. The van der Waals surface area contributed by atoms with Gasteiger partial charge in [-0.1, -0.05) is 0 Å². The SMILES string of the molecule is NC(=O)CC1C=CC(=O)O1. The lowest BCUT2D eigenvalue weighted by Crippen LogP contribution is -2.19. The molecule has 0 saturated heterocycles. The van der Waals surface area contributed by atoms with Gasteiger partial charge in [0.15, 0.2) is 0 Å². The summed E-state index contributed by atoms with van der Waals surface area (Å²) in [5.74, 6) is -0.879. The van der Waals surface area contributed by atoms with Gasteiger partial charge in [-0.2, -0.15) is 0 Å². The Morgan fingerprint density at radius 1 is 1.80 bits per heavy atom. The summed E-state index contributed by atoms with van der Waals surface area (Å²) < 4.78 is 4.62. The number of rotatable bonds is 2. The number of ether oxygens (including phenoxy) is 1. The van der Waals surface area contributed by atoms with Gasteiger partial charge in [-0.15, -0.1) is 0 Å². The van der Waals surface area contributed by atoms with E-state index in [1.165, 1.54) is 12.2 Å². The van der Waals surface area contributed by atoms with Gasteiger partial charge in [0.1, 0.15) is 6.10 Å². The van der Waals surface area contributed by atoms with Gasteiger partial charge in [-0.05, 0) is 6.08 Å². The van der Waals surface area contributed by atoms with E-state index in [4.69, 9.17) is 5.73 Å². The molecule has 0 fully saturated rings. The van der Waals surface area contributed by atoms with Crippen LogP contribution in [0.5, 0.6) is 0 Å². The Bertz CT molecular complexity index is 197. The second-order valence-corrected chi connectivity index (χ2v) is 2.00. The first kappa shape index (κ1) is 6.80. The first-order valence-electron chi connectivity index (χ1n) is 2.85. The highest BCUT2D eigenvalue weighted by Crippen LogP contribution is 2.07. The third-order valence-corrected chi connectivity index (χ3v) is 1.12. The number of esters is 1. The topological polar surface area (TPSA) is 69.4 Å². The molecule has 1 rings (SSSR count). The van der Waals surface area contributed by atoms with Crippen molar-refractivity contribution in [2.45, 2.75) is 12.5 Å². The molecule has 0 saturated carbocycles. The zero-order valence-corrected chi connectivity index (χ0v) is 5.24. The van der Waals surface area contributed by atoms with Gasteiger partial charge < -0.3 is 10.5 Å². The minimum Gasteiger partial charge on any atom is -0.454 e. The maximum absolute atomic E-state index is 10.4. The summed E-state index contributed by atoms with van der Waals surface area (Å²) >= 11 is 0. The van der Waals surface area contributed by atoms with Gasteiger partial charge in [0.05, 0.1) is 6.42 Å². The monoisotopic (exact) mass is 141 g/mol. The number of hydrogen-bond acceptors (Lipinski definition) is 3. The summed E-state index contributed by atoms with van der Waals surface area (Å²) in [5.41, 5.74) is 4.85. The van der Waals surface area contributed by atoms with Crippen LogP contribution in [0.1, 0.15) is 6.42 Å². The highest BCUT2D eigenvalue weighted by molar-refractivity contribution is 5.85. The molecule has 0 aromatic rings. The van der Waals surface area contributed by atoms with Crippen LogP contribution in [-0.2, 0) is 14.3 Å². The predicted octanol–water partition coefficient (Wildman–Crippen LogP) is -0.657. The normalized spacial score (nSPS) is 22.8. The summed E-state index contributed by atoms with van der Waals surface area (Å²) in [5, 5.41) is 0. The average molecular weight is 141 g/mol. The summed E-state index contributed by atoms with van der Waals surface area (Å²) in [6, 6.07) is 0. The van der Waals surface area contributed by atoms with Crippen molar-refractivity contribution in [2.24, 2.45) is 5.73 Å². The Morgan fingerprint density at radius 3 is 2.90 bits per heavy atom. The third-order valence-electron chi connectivity index (χ3n) is 1.12. The van der Waals surface area contributed by atoms with E-state index < -0.39 is 18.0 Å². The van der Waals surface area contributed by atoms with E-state index in [1.54, 1.807) is 0 Å². The van der Waals surface area contributed by atoms with Gasteiger partial charge in [0.2, 0.25) is 5.91 Å². The Morgan fingerprint density at radius 2 is 2.50 bits per heavy atom. The van der Waals surface area contributed by atoms with Crippen molar-refractivity contribution < 1.29 is 14.3 Å². The molecule has 1 heterocycles. The Hall–Kier alpha value is -1.32. The second-order valence-electron chi connectivity index (χ2n) is 2.00. The van der Waals surface area contributed by atoms with Crippen molar-refractivity contribution >= 4 is 11.9 Å². The molecule has 0 aromatic heterocycles. The zero-order valence-electron chi connectivity index (χ0n) is 5.24. The molecule has 4 heteroatoms. The Balaban J connectivity index is 2.40. The molecule has 2 N–H and O–H groups in total. The summed E-state index contributed by atoms with van der Waals surface area (Å²) in [6.45, 7) is 0. The predicted molar refractivity (Wildman–Crippen MR) is 32.8 cm³/mol. The minimum absolute atomic E-state index is 0.0717. The van der Waals surface area contributed by atoms with E-state index in [9.17, 15) is 9.59 Å². The van der Waals surface area contributed by atoms with Crippen molar-refractivity contribution in [3.63, 3.8) is 0 Å². The van der Waals surface area contributed by atoms with Crippen molar-refractivity contribution in [1.29, 1.82) is 0 Å². The maximum atomic E-state index is 10.4. The molecule has 54 valence electrons. The number of amides is 1. The molecule has 0 bridgehead atoms. The van der Waals surface area contributed by atoms with Crippen molar-refractivity contribution in [3.8, 4) is 0 Å². The van der Waals surface area contributed by atoms with Crippen LogP contribution in [0.2, 0.25) is 0 Å². The van der Waals surface area contributed by atoms with Crippen LogP contribution in [0.25, 0.3) is 0 Å². The molecule has 1 amide bonds. The number of cyclic esters (lactones) is 1. The molecule has 1 unspecified atom stereocenters. The van der Waals surface area contributed by atoms with E-state index >= 15 is 0 Å². The standard InChI is InChI=1S/C6H7NO3/c7-5(8)3-4-1-2-6(9)10-4/h1-2,4H,3H2,(H2,7,8). The molecule has 1 atom stereocenters. The average Bonchev–Trinajstić information content (AvgIpc) is 2.13. The molecule has 0 aliphatic carbocycles. The fourth-order valence-electron chi connectivity index (χ4n) is 0.722. The molecule has 1 aliphatic heterocycles. The van der Waals surface area contributed by atoms with E-state index in [0.717, 1.165) is 0 Å². The molecule has 1 aliphatic rings. The lowest BCUT2D eigenvalue weighted by Gasteiger charge is -2.03. The second kappa shape index (κ2) is 2.51. The van der Waals surface area contributed by atoms with Crippen LogP contribution in [0.3, 0.4) is 0 Å². The molecule has 0 aromatic carbocycles. The molecule has 10 heavy (non-hydrogen) atoms. The molecule has 0 radical (unpaired) electrons. The number of hydrogen-bond donors (Lipinski definition) is 1. The summed E-state index contributed by atoms with van der Waals surface area (Å²) in [7, 11) is 0. The van der Waals surface area contributed by atoms with Crippen molar-refractivity contribution in [1.82, 2.24) is 0 Å². The van der Waals surface area contributed by atoms with Crippen molar-refractivity contribution in [3.05, 3.63) is 12.2 Å². The van der Waals surface area contributed by atoms with Crippen LogP contribution >= 0.6 is 0 Å². The van der Waals surface area contributed by atoms with Crippen molar-refractivity contribution in [2.75, 3.05) is 0 Å². The summed E-state index contributed by atoms with van der Waals surface area (Å²) in [4.78, 5) is 20.6. The lowest BCUT2D eigenvalue weighted by molar-refractivity contribution is -0.139. The fourth-order valence-corrected chi connectivity index (χ4v) is 0.722. The van der Waals surface area contributed by atoms with Crippen LogP contribution in [-0.4, -0.2) is 18.0 Å². The largest absolute Gasteiger partial charge is 0.454 e. The van der Waals surface area contributed by atoms with Gasteiger partial charge in [-0.25, -0.2) is 4.79 Å². The first-order chi connectivity index (χ1) is 4.68. The van der Waals surface area contributed by atoms with Crippen LogP contribution in [0.15, 0.2) is 12.2 Å². The molecule has 0 spiro atoms. The highest BCUT2D eigenvalue weighted by Gasteiger charge is 2.17. The summed E-state index contributed by atoms with van der Waals surface area (Å²) in [6.07, 6.45) is 2.44. The smallest absolute Gasteiger partial charge is 0.331 e. The Kier molecular flexibility index (Phi) is 1.71. The van der Waals surface area contributed by atoms with Crippen LogP contribution < -0.4 is 5.73 Å². The molecule has 4 nitrogen and oxygen atoms in total. The molecular formula is C6H7NO3. The first-order valence-corrected chi connectivity index (χ1v) is 2.85. The van der Waals surface area contributed by atoms with Crippen LogP contribution in [0.4, 0.5) is 0 Å². The molecular weight excluding hydrogens is 134 g/mol. The number of carbonyl (C=O) groups is 2. The van der Waals surface area contributed by atoms with Gasteiger partial charge >= 0.3 is 5.97 Å². The highest BCUT2D eigenvalue weighted by atomic mass is 16.5. The Labute approximate surface area is 57.6 Å². The fraction of sp³-hybridized carbons (Fsp3) is 0.333. The van der Waals surface area contributed by atoms with Gasteiger partial charge in [-0.3, -0.25) is 4.79 Å². The number of carbonyl (C=O) groups excluding carboxylic acids is 2. The quantitative estimate of drug-likeness (QED) is 0.519. The minimum atomic E-state index is -0.468. The van der Waals surface area contributed by atoms with Gasteiger partial charge in [0, 0.05) is 6.08 Å². The van der Waals surface area contributed by atoms with E-state index in [-0.39, 0.29) is 6.42 Å². The third kappa shape index (κ3) is 1.58. The number of primary amides is 1. The lowest BCUT2D eigenvalue weighted by atomic mass is 10.2. The van der Waals surface area contributed by atoms with Crippen LogP contribution in [0, 0.1) is 0 Å². The van der Waals surface area contributed by atoms with E-state index in [2.05, 4.69) is 4.74 Å². The van der Waals surface area contributed by atoms with E-state index in [1.807, 2.05) is 0 Å². The zero-order chi connectivity index (χ0) is 7.56. The van der Waals surface area contributed by atoms with E-state index in [0.29, 0.717) is 0 Å².